The zero-order valence-corrected chi connectivity index (χ0v) is 25.1. The number of amides is 2. The van der Waals surface area contributed by atoms with E-state index in [1.807, 2.05) is 97.1 Å². The lowest BCUT2D eigenvalue weighted by atomic mass is 9.91. The topological polar surface area (TPSA) is 173 Å². The average molecular weight is 617 g/mol. The first kappa shape index (κ1) is 29.3. The number of nitrogen functional groups attached to an aromatic ring is 2. The van der Waals surface area contributed by atoms with Crippen molar-refractivity contribution in [2.24, 2.45) is 0 Å². The number of fused-ring (bicyclic) bond motifs is 2. The average Bonchev–Trinajstić information content (AvgIpc) is 3.62. The Morgan fingerprint density at radius 3 is 1.43 bits per heavy atom. The molecule has 4 atom stereocenters. The monoisotopic (exact) mass is 616 g/mol. The Morgan fingerprint density at radius 2 is 1.02 bits per heavy atom. The van der Waals surface area contributed by atoms with Crippen LogP contribution in [0.2, 0.25) is 0 Å². The molecule has 11 heteroatoms. The molecule has 1 aliphatic heterocycles. The number of aliphatic hydroxyl groups is 2. The number of H-pyrrole nitrogens is 2. The van der Waals surface area contributed by atoms with Crippen molar-refractivity contribution >= 4 is 40.0 Å². The second-order valence-electron chi connectivity index (χ2n) is 12.0. The number of aliphatic hydroxyl groups excluding tert-OH is 2. The van der Waals surface area contributed by atoms with Crippen LogP contribution in [0.5, 0.6) is 0 Å². The number of nitrogens with zero attached hydrogens (tertiary/aromatic N) is 4. The summed E-state index contributed by atoms with van der Waals surface area (Å²) < 4.78 is 0. The number of anilines is 2. The molecule has 1 saturated heterocycles. The molecule has 8 N–H and O–H groups in total. The molecule has 0 aliphatic carbocycles. The van der Waals surface area contributed by atoms with E-state index in [0.717, 1.165) is 44.3 Å². The van der Waals surface area contributed by atoms with E-state index in [0.29, 0.717) is 24.7 Å². The quantitative estimate of drug-likeness (QED) is 0.150. The molecule has 1 aliphatic rings. The fourth-order valence-corrected chi connectivity index (χ4v) is 6.56. The molecule has 0 saturated carbocycles. The summed E-state index contributed by atoms with van der Waals surface area (Å²) in [6.45, 7) is 0.388. The first-order chi connectivity index (χ1) is 22.3. The Bertz CT molecular complexity index is 1830. The fraction of sp³-hybridized carbons (Fsp3) is 0.229. The molecule has 7 rings (SSSR count). The predicted molar refractivity (Wildman–Crippen MR) is 177 cm³/mol. The van der Waals surface area contributed by atoms with Crippen LogP contribution in [0.1, 0.15) is 22.3 Å². The van der Waals surface area contributed by atoms with E-state index in [1.165, 1.54) is 0 Å². The minimum atomic E-state index is -1.23. The number of hydrogen-bond donors (Lipinski definition) is 6. The Hall–Kier alpha value is -5.39. The van der Waals surface area contributed by atoms with Crippen molar-refractivity contribution in [3.63, 3.8) is 0 Å². The van der Waals surface area contributed by atoms with Crippen LogP contribution in [0.4, 0.5) is 16.7 Å². The number of carbonyl (C=O) groups excluding carboxylic acids is 1. The van der Waals surface area contributed by atoms with E-state index >= 15 is 0 Å². The summed E-state index contributed by atoms with van der Waals surface area (Å²) in [6.07, 6.45) is -1.75. The number of benzene rings is 4. The highest BCUT2D eigenvalue weighted by molar-refractivity contribution is 5.80. The van der Waals surface area contributed by atoms with Crippen LogP contribution in [0.3, 0.4) is 0 Å². The van der Waals surface area contributed by atoms with Gasteiger partial charge in [-0.15, -0.1) is 0 Å². The van der Waals surface area contributed by atoms with Crippen LogP contribution in [0.25, 0.3) is 22.1 Å². The summed E-state index contributed by atoms with van der Waals surface area (Å²) in [5.41, 5.74) is 18.3. The highest BCUT2D eigenvalue weighted by Crippen LogP contribution is 2.31. The molecule has 234 valence electrons. The molecular weight excluding hydrogens is 580 g/mol. The third-order valence-corrected chi connectivity index (χ3v) is 8.84. The standard InChI is InChI=1S/C35H36N8O3/c36-33-38-25-13-11-23(15-27(25)40-33)19-42-29(17-21-7-3-1-4-8-21)31(44)32(45)30(18-22-9-5-2-6-10-22)43(35(42)46)20-24-12-14-26-28(16-24)41-34(37)39-26/h1-16,29-32,44-45H,17-20H2,(H3,36,38,40)(H3,37,39,41)/t29-,30-,31+,32+/m1/s1. The third-order valence-electron chi connectivity index (χ3n) is 8.84. The fourth-order valence-electron chi connectivity index (χ4n) is 6.56. The molecule has 4 aromatic carbocycles. The number of nitrogens with one attached hydrogen (secondary N) is 2. The van der Waals surface area contributed by atoms with E-state index < -0.39 is 24.3 Å². The molecule has 0 unspecified atom stereocenters. The molecule has 0 spiro atoms. The Balaban J connectivity index is 1.32. The molecular formula is C35H36N8O3. The van der Waals surface area contributed by atoms with Crippen LogP contribution in [-0.4, -0.2) is 70.3 Å². The summed E-state index contributed by atoms with van der Waals surface area (Å²) in [6, 6.07) is 29.1. The Kier molecular flexibility index (Phi) is 7.77. The van der Waals surface area contributed by atoms with Gasteiger partial charge in [0.05, 0.1) is 34.2 Å². The molecule has 3 heterocycles. The number of urea groups is 1. The number of nitrogens with two attached hydrogens (primary N) is 2. The summed E-state index contributed by atoms with van der Waals surface area (Å²) >= 11 is 0. The molecule has 0 radical (unpaired) electrons. The van der Waals surface area contributed by atoms with Gasteiger partial charge >= 0.3 is 6.03 Å². The van der Waals surface area contributed by atoms with Crippen molar-refractivity contribution in [2.75, 3.05) is 11.5 Å². The van der Waals surface area contributed by atoms with Gasteiger partial charge in [0.15, 0.2) is 11.9 Å². The molecule has 2 aromatic heterocycles. The van der Waals surface area contributed by atoms with E-state index in [1.54, 1.807) is 9.80 Å². The molecule has 46 heavy (non-hydrogen) atoms. The van der Waals surface area contributed by atoms with Gasteiger partial charge in [0, 0.05) is 13.1 Å². The summed E-state index contributed by atoms with van der Waals surface area (Å²) in [7, 11) is 0. The zero-order chi connectivity index (χ0) is 31.8. The second kappa shape index (κ2) is 12.2. The van der Waals surface area contributed by atoms with Crippen LogP contribution < -0.4 is 11.5 Å². The van der Waals surface area contributed by atoms with Crippen molar-refractivity contribution in [3.8, 4) is 0 Å². The van der Waals surface area contributed by atoms with Gasteiger partial charge < -0.3 is 41.4 Å². The van der Waals surface area contributed by atoms with Crippen molar-refractivity contribution in [2.45, 2.75) is 50.2 Å². The number of carbonyl (C=O) groups is 1. The Morgan fingerprint density at radius 1 is 0.609 bits per heavy atom. The first-order valence-electron chi connectivity index (χ1n) is 15.3. The maximum atomic E-state index is 14.9. The molecule has 0 bridgehead atoms. The highest BCUT2D eigenvalue weighted by Gasteiger charge is 2.46. The normalized spacial score (nSPS) is 20.4. The number of hydrogen-bond acceptors (Lipinski definition) is 7. The summed E-state index contributed by atoms with van der Waals surface area (Å²) in [5.74, 6) is 0.619. The van der Waals surface area contributed by atoms with Crippen LogP contribution in [0.15, 0.2) is 97.1 Å². The van der Waals surface area contributed by atoms with Gasteiger partial charge in [-0.2, -0.15) is 0 Å². The van der Waals surface area contributed by atoms with Crippen molar-refractivity contribution in [1.82, 2.24) is 29.7 Å². The lowest BCUT2D eigenvalue weighted by Gasteiger charge is -2.36. The molecule has 11 nitrogen and oxygen atoms in total. The molecule has 1 fully saturated rings. The van der Waals surface area contributed by atoms with E-state index in [-0.39, 0.29) is 19.1 Å². The first-order valence-corrected chi connectivity index (χ1v) is 15.3. The van der Waals surface area contributed by atoms with Crippen LogP contribution in [-0.2, 0) is 25.9 Å². The number of imidazole rings is 2. The third kappa shape index (κ3) is 5.85. The lowest BCUT2D eigenvalue weighted by Crippen LogP contribution is -2.50. The lowest BCUT2D eigenvalue weighted by molar-refractivity contribution is -0.0408. The maximum absolute atomic E-state index is 14.9. The van der Waals surface area contributed by atoms with Crippen molar-refractivity contribution < 1.29 is 15.0 Å². The second-order valence-corrected chi connectivity index (χ2v) is 12.0. The number of aromatic nitrogens is 4. The SMILES string of the molecule is Nc1nc2ccc(CN3C(=O)N(Cc4ccc5nc(N)[nH]c5c4)[C@H](Cc4ccccc4)[C@H](O)[C@@H](O)[C@H]3Cc3ccccc3)cc2[nH]1. The van der Waals surface area contributed by atoms with Gasteiger partial charge in [0.2, 0.25) is 0 Å². The van der Waals surface area contributed by atoms with Gasteiger partial charge in [0.25, 0.3) is 0 Å². The maximum Gasteiger partial charge on any atom is 0.321 e. The van der Waals surface area contributed by atoms with Gasteiger partial charge in [-0.3, -0.25) is 0 Å². The molecule has 6 aromatic rings. The van der Waals surface area contributed by atoms with Gasteiger partial charge in [0.1, 0.15) is 12.2 Å². The molecule has 2 amide bonds. The van der Waals surface area contributed by atoms with Gasteiger partial charge in [-0.1, -0.05) is 72.8 Å². The summed E-state index contributed by atoms with van der Waals surface area (Å²) in [4.78, 5) is 33.1. The smallest absolute Gasteiger partial charge is 0.321 e. The minimum Gasteiger partial charge on any atom is -0.388 e. The summed E-state index contributed by atoms with van der Waals surface area (Å²) in [5, 5.41) is 23.9. The van der Waals surface area contributed by atoms with E-state index in [4.69, 9.17) is 11.5 Å². The zero-order valence-electron chi connectivity index (χ0n) is 25.1. The van der Waals surface area contributed by atoms with Crippen molar-refractivity contribution in [3.05, 3.63) is 119 Å². The minimum absolute atomic E-state index is 0.194. The van der Waals surface area contributed by atoms with Gasteiger partial charge in [-0.25, -0.2) is 14.8 Å². The van der Waals surface area contributed by atoms with Crippen LogP contribution >= 0.6 is 0 Å². The highest BCUT2D eigenvalue weighted by atomic mass is 16.3. The van der Waals surface area contributed by atoms with E-state index in [2.05, 4.69) is 19.9 Å². The number of aromatic amines is 2. The Labute approximate surface area is 265 Å². The number of rotatable bonds is 8. The predicted octanol–water partition coefficient (Wildman–Crippen LogP) is 3.99. The van der Waals surface area contributed by atoms with Crippen LogP contribution in [0, 0.1) is 0 Å². The van der Waals surface area contributed by atoms with Crippen molar-refractivity contribution in [1.29, 1.82) is 0 Å². The largest absolute Gasteiger partial charge is 0.388 e. The van der Waals surface area contributed by atoms with E-state index in [9.17, 15) is 15.0 Å². The van der Waals surface area contributed by atoms with Gasteiger partial charge in [-0.05, 0) is 59.4 Å².